The highest BCUT2D eigenvalue weighted by molar-refractivity contribution is 5.18. The van der Waals surface area contributed by atoms with Crippen molar-refractivity contribution in [3.8, 4) is 0 Å². The number of fused-ring (bicyclic) bond motifs is 1. The molecule has 3 atom stereocenters. The average molecular weight is 341 g/mol. The van der Waals surface area contributed by atoms with E-state index < -0.39 is 0 Å². The van der Waals surface area contributed by atoms with Gasteiger partial charge < -0.3 is 0 Å². The Morgan fingerprint density at radius 2 is 1.72 bits per heavy atom. The molecule has 1 aromatic carbocycles. The van der Waals surface area contributed by atoms with Crippen molar-refractivity contribution in [1.29, 1.82) is 0 Å². The summed E-state index contributed by atoms with van der Waals surface area (Å²) in [6.07, 6.45) is 11.6. The van der Waals surface area contributed by atoms with Crippen LogP contribution in [0.3, 0.4) is 0 Å². The molecule has 2 nitrogen and oxygen atoms in total. The first-order chi connectivity index (χ1) is 12.3. The third-order valence-electron chi connectivity index (χ3n) is 7.26. The van der Waals surface area contributed by atoms with Crippen LogP contribution in [0.5, 0.6) is 0 Å². The Morgan fingerprint density at radius 3 is 2.52 bits per heavy atom. The summed E-state index contributed by atoms with van der Waals surface area (Å²) in [7, 11) is 0. The van der Waals surface area contributed by atoms with Crippen molar-refractivity contribution in [1.82, 2.24) is 9.80 Å². The normalized spacial score (nSPS) is 30.3. The molecule has 3 fully saturated rings. The first kappa shape index (κ1) is 17.5. The maximum Gasteiger partial charge on any atom is 0.0280 e. The van der Waals surface area contributed by atoms with Crippen LogP contribution in [0.2, 0.25) is 0 Å². The summed E-state index contributed by atoms with van der Waals surface area (Å²) in [5.74, 6) is 1.64. The molecular formula is C23H36N2. The van der Waals surface area contributed by atoms with E-state index in [9.17, 15) is 0 Å². The lowest BCUT2D eigenvalue weighted by atomic mass is 9.78. The molecule has 1 aromatic rings. The van der Waals surface area contributed by atoms with Gasteiger partial charge in [0.15, 0.2) is 0 Å². The Bertz CT molecular complexity index is 522. The number of hydrogen-bond donors (Lipinski definition) is 0. The molecule has 2 aliphatic heterocycles. The van der Waals surface area contributed by atoms with Gasteiger partial charge in [-0.25, -0.2) is 0 Å². The van der Waals surface area contributed by atoms with Gasteiger partial charge in [-0.2, -0.15) is 0 Å². The quantitative estimate of drug-likeness (QED) is 0.751. The van der Waals surface area contributed by atoms with E-state index >= 15 is 0 Å². The minimum absolute atomic E-state index is 0.676. The Morgan fingerprint density at radius 1 is 0.920 bits per heavy atom. The van der Waals surface area contributed by atoms with Crippen molar-refractivity contribution in [2.75, 3.05) is 26.2 Å². The molecule has 2 heteroatoms. The fourth-order valence-electron chi connectivity index (χ4n) is 5.82. The highest BCUT2D eigenvalue weighted by Crippen LogP contribution is 2.37. The van der Waals surface area contributed by atoms with Crippen LogP contribution in [0.1, 0.15) is 69.8 Å². The Hall–Kier alpha value is -0.860. The standard InChI is InChI=1S/C23H36N2/c1-19(20-9-4-2-5-10-20)14-16-25-18-17-24-15-8-13-22(24)23(25)21-11-6-3-7-12-21/h2,4-5,9-10,19,21-23H,3,6-8,11-18H2,1H3/t19-,22+,23+/m1/s1. The molecule has 3 aliphatic rings. The summed E-state index contributed by atoms with van der Waals surface area (Å²) >= 11 is 0. The van der Waals surface area contributed by atoms with Gasteiger partial charge >= 0.3 is 0 Å². The minimum atomic E-state index is 0.676. The lowest BCUT2D eigenvalue weighted by Gasteiger charge is -2.49. The van der Waals surface area contributed by atoms with Gasteiger partial charge in [0.2, 0.25) is 0 Å². The number of piperazine rings is 1. The van der Waals surface area contributed by atoms with Gasteiger partial charge in [-0.3, -0.25) is 9.80 Å². The van der Waals surface area contributed by atoms with E-state index in [1.165, 1.54) is 83.1 Å². The van der Waals surface area contributed by atoms with E-state index in [1.807, 2.05) is 0 Å². The van der Waals surface area contributed by atoms with Gasteiger partial charge in [0.25, 0.3) is 0 Å². The van der Waals surface area contributed by atoms with E-state index in [1.54, 1.807) is 0 Å². The van der Waals surface area contributed by atoms with Crippen LogP contribution in [0.4, 0.5) is 0 Å². The SMILES string of the molecule is C[C@H](CCN1CCN2CCC[C@H]2[C@@H]1C1CCCCC1)c1ccccc1. The predicted molar refractivity (Wildman–Crippen MR) is 106 cm³/mol. The fraction of sp³-hybridized carbons (Fsp3) is 0.739. The van der Waals surface area contributed by atoms with E-state index in [4.69, 9.17) is 0 Å². The van der Waals surface area contributed by atoms with Crippen LogP contribution < -0.4 is 0 Å². The van der Waals surface area contributed by atoms with Gasteiger partial charge in [0.1, 0.15) is 0 Å². The van der Waals surface area contributed by atoms with Crippen molar-refractivity contribution < 1.29 is 0 Å². The molecule has 138 valence electrons. The van der Waals surface area contributed by atoms with Crippen LogP contribution in [-0.4, -0.2) is 48.1 Å². The molecule has 0 unspecified atom stereocenters. The van der Waals surface area contributed by atoms with Crippen molar-refractivity contribution in [3.05, 3.63) is 35.9 Å². The maximum absolute atomic E-state index is 2.92. The highest BCUT2D eigenvalue weighted by Gasteiger charge is 2.42. The molecular weight excluding hydrogens is 304 g/mol. The second-order valence-corrected chi connectivity index (χ2v) is 8.77. The van der Waals surface area contributed by atoms with Crippen LogP contribution in [0, 0.1) is 5.92 Å². The smallest absolute Gasteiger partial charge is 0.0280 e. The van der Waals surface area contributed by atoms with Gasteiger partial charge in [-0.1, -0.05) is 56.5 Å². The topological polar surface area (TPSA) is 6.48 Å². The van der Waals surface area contributed by atoms with E-state index in [2.05, 4.69) is 47.1 Å². The summed E-state index contributed by atoms with van der Waals surface area (Å²) in [5, 5.41) is 0. The number of rotatable bonds is 5. The van der Waals surface area contributed by atoms with Crippen LogP contribution >= 0.6 is 0 Å². The Labute approximate surface area is 154 Å². The zero-order valence-corrected chi connectivity index (χ0v) is 16.1. The average Bonchev–Trinajstić information content (AvgIpc) is 3.15. The molecule has 1 saturated carbocycles. The second-order valence-electron chi connectivity index (χ2n) is 8.77. The molecule has 2 heterocycles. The van der Waals surface area contributed by atoms with Crippen molar-refractivity contribution in [2.45, 2.75) is 76.3 Å². The van der Waals surface area contributed by atoms with Crippen molar-refractivity contribution in [2.24, 2.45) is 5.92 Å². The summed E-state index contributed by atoms with van der Waals surface area (Å²) in [6, 6.07) is 12.8. The highest BCUT2D eigenvalue weighted by atomic mass is 15.3. The third kappa shape index (κ3) is 3.95. The lowest BCUT2D eigenvalue weighted by Crippen LogP contribution is -2.60. The summed E-state index contributed by atoms with van der Waals surface area (Å²) in [5.41, 5.74) is 1.51. The zero-order chi connectivity index (χ0) is 17.1. The summed E-state index contributed by atoms with van der Waals surface area (Å²) in [6.45, 7) is 7.69. The van der Waals surface area contributed by atoms with E-state index in [0.29, 0.717) is 5.92 Å². The summed E-state index contributed by atoms with van der Waals surface area (Å²) < 4.78 is 0. The number of benzene rings is 1. The Balaban J connectivity index is 1.42. The van der Waals surface area contributed by atoms with Crippen LogP contribution in [-0.2, 0) is 0 Å². The first-order valence-corrected chi connectivity index (χ1v) is 10.9. The van der Waals surface area contributed by atoms with Gasteiger partial charge in [0.05, 0.1) is 0 Å². The number of nitrogens with zero attached hydrogens (tertiary/aromatic N) is 2. The Kier molecular flexibility index (Phi) is 5.77. The molecule has 2 saturated heterocycles. The van der Waals surface area contributed by atoms with Crippen molar-refractivity contribution in [3.63, 3.8) is 0 Å². The van der Waals surface area contributed by atoms with Crippen molar-refractivity contribution >= 4 is 0 Å². The second kappa shape index (κ2) is 8.22. The molecule has 4 rings (SSSR count). The minimum Gasteiger partial charge on any atom is -0.298 e. The number of hydrogen-bond acceptors (Lipinski definition) is 2. The molecule has 1 aliphatic carbocycles. The first-order valence-electron chi connectivity index (χ1n) is 10.9. The van der Waals surface area contributed by atoms with Gasteiger partial charge in [0, 0.05) is 25.2 Å². The largest absolute Gasteiger partial charge is 0.298 e. The zero-order valence-electron chi connectivity index (χ0n) is 16.1. The van der Waals surface area contributed by atoms with Gasteiger partial charge in [-0.05, 0) is 62.6 Å². The third-order valence-corrected chi connectivity index (χ3v) is 7.26. The van der Waals surface area contributed by atoms with Crippen LogP contribution in [0.15, 0.2) is 30.3 Å². The monoisotopic (exact) mass is 340 g/mol. The predicted octanol–water partition coefficient (Wildman–Crippen LogP) is 4.91. The molecule has 0 bridgehead atoms. The molecule has 25 heavy (non-hydrogen) atoms. The fourth-order valence-corrected chi connectivity index (χ4v) is 5.82. The van der Waals surface area contributed by atoms with Crippen LogP contribution in [0.25, 0.3) is 0 Å². The molecule has 0 aromatic heterocycles. The maximum atomic E-state index is 2.92. The van der Waals surface area contributed by atoms with E-state index in [0.717, 1.165) is 18.0 Å². The molecule has 0 spiro atoms. The lowest BCUT2D eigenvalue weighted by molar-refractivity contribution is -0.0000914. The molecule has 0 N–H and O–H groups in total. The summed E-state index contributed by atoms with van der Waals surface area (Å²) in [4.78, 5) is 5.75. The van der Waals surface area contributed by atoms with E-state index in [-0.39, 0.29) is 0 Å². The van der Waals surface area contributed by atoms with Gasteiger partial charge in [-0.15, -0.1) is 0 Å². The molecule has 0 radical (unpaired) electrons. The molecule has 0 amide bonds.